The van der Waals surface area contributed by atoms with Crippen molar-refractivity contribution in [3.05, 3.63) is 41.8 Å². The lowest BCUT2D eigenvalue weighted by Crippen LogP contribution is -2.38. The summed E-state index contributed by atoms with van der Waals surface area (Å²) in [4.78, 5) is 13.3. The molecule has 0 aliphatic rings. The van der Waals surface area contributed by atoms with Crippen LogP contribution in [0.4, 0.5) is 0 Å². The van der Waals surface area contributed by atoms with Crippen LogP contribution in [-0.2, 0) is 12.8 Å². The molecule has 0 aliphatic heterocycles. The highest BCUT2D eigenvalue weighted by molar-refractivity contribution is 5.79. The van der Waals surface area contributed by atoms with Gasteiger partial charge in [0.05, 0.1) is 0 Å². The molecule has 2 aromatic heterocycles. The van der Waals surface area contributed by atoms with Gasteiger partial charge in [0.15, 0.2) is 11.8 Å². The predicted octanol–water partition coefficient (Wildman–Crippen LogP) is 2.32. The van der Waals surface area contributed by atoms with Crippen LogP contribution in [0.1, 0.15) is 50.5 Å². The van der Waals surface area contributed by atoms with Gasteiger partial charge in [-0.2, -0.15) is 4.98 Å². The van der Waals surface area contributed by atoms with Gasteiger partial charge in [-0.25, -0.2) is 0 Å². The molecular formula is C18H28N6O. The molecule has 0 amide bonds. The van der Waals surface area contributed by atoms with Crippen molar-refractivity contribution in [2.45, 2.75) is 46.0 Å². The zero-order chi connectivity index (χ0) is 17.9. The number of hydrogen-bond donors (Lipinski definition) is 2. The number of aromatic nitrogens is 3. The molecule has 0 atom stereocenters. The largest absolute Gasteiger partial charge is 0.357 e. The van der Waals surface area contributed by atoms with Gasteiger partial charge >= 0.3 is 0 Å². The zero-order valence-corrected chi connectivity index (χ0v) is 15.3. The van der Waals surface area contributed by atoms with Gasteiger partial charge in [0, 0.05) is 50.3 Å². The summed E-state index contributed by atoms with van der Waals surface area (Å²) >= 11 is 0. The van der Waals surface area contributed by atoms with E-state index in [4.69, 9.17) is 4.52 Å². The summed E-state index contributed by atoms with van der Waals surface area (Å²) < 4.78 is 5.25. The fourth-order valence-electron chi connectivity index (χ4n) is 2.22. The first-order valence-electron chi connectivity index (χ1n) is 8.93. The third-order valence-corrected chi connectivity index (χ3v) is 3.56. The molecular weight excluding hydrogens is 316 g/mol. The van der Waals surface area contributed by atoms with Gasteiger partial charge in [0.1, 0.15) is 0 Å². The van der Waals surface area contributed by atoms with Gasteiger partial charge in [0.2, 0.25) is 5.89 Å². The second-order valence-electron chi connectivity index (χ2n) is 6.06. The summed E-state index contributed by atoms with van der Waals surface area (Å²) in [6.45, 7) is 8.50. The summed E-state index contributed by atoms with van der Waals surface area (Å²) in [6, 6.07) is 5.96. The number of aliphatic imine (C=N–C) groups is 1. The maximum Gasteiger partial charge on any atom is 0.226 e. The predicted molar refractivity (Wildman–Crippen MR) is 98.6 cm³/mol. The van der Waals surface area contributed by atoms with E-state index in [2.05, 4.69) is 51.5 Å². The van der Waals surface area contributed by atoms with E-state index in [1.54, 1.807) is 0 Å². The van der Waals surface area contributed by atoms with E-state index >= 15 is 0 Å². The maximum atomic E-state index is 5.25. The molecule has 0 saturated carbocycles. The second kappa shape index (κ2) is 10.4. The maximum absolute atomic E-state index is 5.25. The van der Waals surface area contributed by atoms with Crippen molar-refractivity contribution in [2.24, 2.45) is 4.99 Å². The Hall–Kier alpha value is -2.44. The van der Waals surface area contributed by atoms with Crippen molar-refractivity contribution in [1.82, 2.24) is 25.8 Å². The van der Waals surface area contributed by atoms with E-state index in [-0.39, 0.29) is 0 Å². The van der Waals surface area contributed by atoms with E-state index in [1.165, 1.54) is 0 Å². The summed E-state index contributed by atoms with van der Waals surface area (Å²) in [5.74, 6) is 2.57. The summed E-state index contributed by atoms with van der Waals surface area (Å²) in [5, 5.41) is 10.6. The van der Waals surface area contributed by atoms with Crippen LogP contribution in [0.25, 0.3) is 0 Å². The average Bonchev–Trinajstić information content (AvgIpc) is 3.09. The van der Waals surface area contributed by atoms with E-state index in [0.29, 0.717) is 18.4 Å². The fourth-order valence-corrected chi connectivity index (χ4v) is 2.22. The topological polar surface area (TPSA) is 88.2 Å². The van der Waals surface area contributed by atoms with E-state index in [1.807, 2.05) is 24.4 Å². The normalized spacial score (nSPS) is 11.8. The number of pyridine rings is 1. The molecule has 2 rings (SSSR count). The molecule has 136 valence electrons. The number of guanidine groups is 1. The monoisotopic (exact) mass is 344 g/mol. The van der Waals surface area contributed by atoms with Gasteiger partial charge in [-0.05, 0) is 25.5 Å². The number of hydrogen-bond acceptors (Lipinski definition) is 5. The molecule has 2 aromatic rings. The molecule has 2 heterocycles. The first kappa shape index (κ1) is 18.9. The number of aryl methyl sites for hydroxylation is 1. The highest BCUT2D eigenvalue weighted by Crippen LogP contribution is 2.10. The standard InChI is InChI=1S/C18H28N6O/c1-4-19-18(22-13-10-15-8-5-6-11-20-15)21-12-7-9-16-23-17(14(2)3)24-25-16/h5-6,8,11,14H,4,7,9-10,12-13H2,1-3H3,(H2,19,21,22). The van der Waals surface area contributed by atoms with Crippen molar-refractivity contribution in [1.29, 1.82) is 0 Å². The third-order valence-electron chi connectivity index (χ3n) is 3.56. The van der Waals surface area contributed by atoms with Crippen LogP contribution in [0.15, 0.2) is 33.9 Å². The van der Waals surface area contributed by atoms with Gasteiger partial charge in [0.25, 0.3) is 0 Å². The molecule has 2 N–H and O–H groups in total. The van der Waals surface area contributed by atoms with Gasteiger partial charge in [-0.15, -0.1) is 0 Å². The van der Waals surface area contributed by atoms with Crippen molar-refractivity contribution in [3.8, 4) is 0 Å². The quantitative estimate of drug-likeness (QED) is 0.412. The Morgan fingerprint density at radius 2 is 2.12 bits per heavy atom. The molecule has 0 radical (unpaired) electrons. The SMILES string of the molecule is CCNC(=NCCCc1nc(C(C)C)no1)NCCc1ccccn1. The minimum Gasteiger partial charge on any atom is -0.357 e. The number of rotatable bonds is 9. The molecule has 0 aliphatic carbocycles. The first-order chi connectivity index (χ1) is 12.2. The van der Waals surface area contributed by atoms with Crippen molar-refractivity contribution < 1.29 is 4.52 Å². The Labute approximate surface area is 149 Å². The highest BCUT2D eigenvalue weighted by atomic mass is 16.5. The molecule has 0 fully saturated rings. The van der Waals surface area contributed by atoms with Crippen LogP contribution in [0.5, 0.6) is 0 Å². The summed E-state index contributed by atoms with van der Waals surface area (Å²) in [7, 11) is 0. The van der Waals surface area contributed by atoms with Crippen LogP contribution in [0.3, 0.4) is 0 Å². The lowest BCUT2D eigenvalue weighted by atomic mass is 10.2. The molecule has 7 nitrogen and oxygen atoms in total. The lowest BCUT2D eigenvalue weighted by molar-refractivity contribution is 0.369. The van der Waals surface area contributed by atoms with Crippen LogP contribution in [0, 0.1) is 0 Å². The molecule has 0 spiro atoms. The van der Waals surface area contributed by atoms with Crippen LogP contribution >= 0.6 is 0 Å². The average molecular weight is 344 g/mol. The van der Waals surface area contributed by atoms with Crippen LogP contribution in [-0.4, -0.2) is 40.7 Å². The Morgan fingerprint density at radius 3 is 2.80 bits per heavy atom. The van der Waals surface area contributed by atoms with E-state index in [9.17, 15) is 0 Å². The van der Waals surface area contributed by atoms with Gasteiger partial charge in [-0.1, -0.05) is 25.1 Å². The van der Waals surface area contributed by atoms with Crippen molar-refractivity contribution >= 4 is 5.96 Å². The third kappa shape index (κ3) is 6.91. The van der Waals surface area contributed by atoms with Crippen molar-refractivity contribution in [3.63, 3.8) is 0 Å². The zero-order valence-electron chi connectivity index (χ0n) is 15.3. The van der Waals surface area contributed by atoms with Gasteiger partial charge in [-0.3, -0.25) is 9.98 Å². The molecule has 0 aromatic carbocycles. The molecule has 0 unspecified atom stereocenters. The van der Waals surface area contributed by atoms with Crippen LogP contribution in [0.2, 0.25) is 0 Å². The fraction of sp³-hybridized carbons (Fsp3) is 0.556. The minimum atomic E-state index is 0.291. The Morgan fingerprint density at radius 1 is 1.24 bits per heavy atom. The van der Waals surface area contributed by atoms with E-state index in [0.717, 1.165) is 49.8 Å². The number of nitrogens with zero attached hydrogens (tertiary/aromatic N) is 4. The molecule has 0 saturated heterocycles. The van der Waals surface area contributed by atoms with Gasteiger partial charge < -0.3 is 15.2 Å². The highest BCUT2D eigenvalue weighted by Gasteiger charge is 2.09. The minimum absolute atomic E-state index is 0.291. The Kier molecular flexibility index (Phi) is 7.88. The summed E-state index contributed by atoms with van der Waals surface area (Å²) in [6.07, 6.45) is 4.30. The molecule has 25 heavy (non-hydrogen) atoms. The van der Waals surface area contributed by atoms with Crippen LogP contribution < -0.4 is 10.6 Å². The Balaban J connectivity index is 1.72. The summed E-state index contributed by atoms with van der Waals surface area (Å²) in [5.41, 5.74) is 1.07. The molecule has 7 heteroatoms. The lowest BCUT2D eigenvalue weighted by Gasteiger charge is -2.10. The van der Waals surface area contributed by atoms with Crippen molar-refractivity contribution in [2.75, 3.05) is 19.6 Å². The molecule has 0 bridgehead atoms. The first-order valence-corrected chi connectivity index (χ1v) is 8.93. The number of nitrogens with one attached hydrogen (secondary N) is 2. The second-order valence-corrected chi connectivity index (χ2v) is 6.06. The Bertz CT molecular complexity index is 638. The smallest absolute Gasteiger partial charge is 0.226 e. The van der Waals surface area contributed by atoms with E-state index < -0.39 is 0 Å².